The topological polar surface area (TPSA) is 43.4 Å². The second-order valence-corrected chi connectivity index (χ2v) is 2.05. The fourth-order valence-corrected chi connectivity index (χ4v) is 0.361. The molecule has 0 amide bonds. The van der Waals surface area contributed by atoms with Crippen molar-refractivity contribution in [3.8, 4) is 0 Å². The number of rotatable bonds is 1. The maximum absolute atomic E-state index is 11.4. The Balaban J connectivity index is 4.16. The molecule has 0 fully saturated rings. The molecule has 0 aliphatic rings. The van der Waals surface area contributed by atoms with Crippen LogP contribution in [0.1, 0.15) is 6.42 Å². The Morgan fingerprint density at radius 1 is 1.00 bits per heavy atom. The molecule has 0 saturated heterocycles. The Labute approximate surface area is 72.6 Å². The first-order valence-corrected chi connectivity index (χ1v) is 2.91. The van der Waals surface area contributed by atoms with E-state index in [9.17, 15) is 35.9 Å². The lowest BCUT2D eigenvalue weighted by Crippen LogP contribution is -2.29. The van der Waals surface area contributed by atoms with Crippen LogP contribution in [0.25, 0.3) is 0 Å². The van der Waals surface area contributed by atoms with Crippen LogP contribution in [0.15, 0.2) is 0 Å². The predicted molar refractivity (Wildman–Crippen MR) is 27.8 cm³/mol. The molecule has 0 aromatic rings. The number of alkyl halides is 6. The molecular formula is C5H2F6O3. The summed E-state index contributed by atoms with van der Waals surface area (Å²) in [5.41, 5.74) is 0. The predicted octanol–water partition coefficient (Wildman–Crippen LogP) is 1.57. The normalized spacial score (nSPS) is 12.4. The second-order valence-electron chi connectivity index (χ2n) is 2.05. The lowest BCUT2D eigenvalue weighted by Gasteiger charge is -2.07. The fraction of sp³-hybridized carbons (Fsp3) is 0.600. The largest absolute Gasteiger partial charge is 0.491 e. The van der Waals surface area contributed by atoms with Crippen molar-refractivity contribution in [2.24, 2.45) is 0 Å². The highest BCUT2D eigenvalue weighted by molar-refractivity contribution is 5.88. The molecule has 0 aliphatic heterocycles. The Kier molecular flexibility index (Phi) is 3.49. The van der Waals surface area contributed by atoms with E-state index in [1.807, 2.05) is 0 Å². The van der Waals surface area contributed by atoms with E-state index in [-0.39, 0.29) is 0 Å². The van der Waals surface area contributed by atoms with Crippen LogP contribution in [0.5, 0.6) is 0 Å². The Morgan fingerprint density at radius 2 is 1.43 bits per heavy atom. The minimum Gasteiger partial charge on any atom is -0.386 e. The van der Waals surface area contributed by atoms with Crippen molar-refractivity contribution in [1.82, 2.24) is 0 Å². The van der Waals surface area contributed by atoms with Crippen molar-refractivity contribution in [3.63, 3.8) is 0 Å². The van der Waals surface area contributed by atoms with Gasteiger partial charge in [-0.05, 0) is 0 Å². The Bertz CT molecular complexity index is 239. The molecule has 0 bridgehead atoms. The molecule has 0 N–H and O–H groups in total. The first-order chi connectivity index (χ1) is 6.02. The molecule has 0 aromatic carbocycles. The number of halogens is 6. The van der Waals surface area contributed by atoms with Crippen molar-refractivity contribution >= 4 is 11.9 Å². The average Bonchev–Trinajstić information content (AvgIpc) is 1.79. The third kappa shape index (κ3) is 5.38. The first-order valence-electron chi connectivity index (χ1n) is 2.91. The minimum atomic E-state index is -5.48. The molecule has 0 spiro atoms. The molecule has 0 aliphatic carbocycles. The van der Waals surface area contributed by atoms with Crippen LogP contribution in [0.4, 0.5) is 26.3 Å². The van der Waals surface area contributed by atoms with Crippen molar-refractivity contribution in [2.45, 2.75) is 18.8 Å². The van der Waals surface area contributed by atoms with Crippen LogP contribution in [0, 0.1) is 0 Å². The minimum absolute atomic E-state index is 2.24. The van der Waals surface area contributed by atoms with Gasteiger partial charge in [0.15, 0.2) is 0 Å². The van der Waals surface area contributed by atoms with Crippen molar-refractivity contribution in [3.05, 3.63) is 0 Å². The molecule has 9 heteroatoms. The second kappa shape index (κ2) is 3.84. The average molecular weight is 224 g/mol. The SMILES string of the molecule is O=C(CC(F)(F)F)OC(=O)C(F)(F)F. The van der Waals surface area contributed by atoms with Crippen LogP contribution in [0.2, 0.25) is 0 Å². The number of carbonyl (C=O) groups excluding carboxylic acids is 2. The molecule has 14 heavy (non-hydrogen) atoms. The summed E-state index contributed by atoms with van der Waals surface area (Å²) in [6.07, 6.45) is -12.7. The van der Waals surface area contributed by atoms with Gasteiger partial charge in [0.1, 0.15) is 6.42 Å². The highest BCUT2D eigenvalue weighted by Gasteiger charge is 2.44. The van der Waals surface area contributed by atoms with Crippen LogP contribution in [-0.4, -0.2) is 24.3 Å². The summed E-state index contributed by atoms with van der Waals surface area (Å²) in [5, 5.41) is 0. The van der Waals surface area contributed by atoms with E-state index < -0.39 is 30.7 Å². The number of esters is 2. The molecule has 0 atom stereocenters. The van der Waals surface area contributed by atoms with Gasteiger partial charge < -0.3 is 4.74 Å². The third-order valence-electron chi connectivity index (χ3n) is 0.783. The standard InChI is InChI=1S/C5H2F6O3/c6-4(7,8)1-2(12)14-3(13)5(9,10)11/h1H2. The molecule has 0 unspecified atom stereocenters. The van der Waals surface area contributed by atoms with Gasteiger partial charge in [0.05, 0.1) is 0 Å². The molecule has 3 nitrogen and oxygen atoms in total. The van der Waals surface area contributed by atoms with Gasteiger partial charge in [-0.1, -0.05) is 0 Å². The lowest BCUT2D eigenvalue weighted by molar-refractivity contribution is -0.206. The summed E-state index contributed by atoms with van der Waals surface area (Å²) in [5.74, 6) is -5.26. The van der Waals surface area contributed by atoms with Gasteiger partial charge in [0, 0.05) is 0 Å². The van der Waals surface area contributed by atoms with Crippen molar-refractivity contribution in [1.29, 1.82) is 0 Å². The van der Waals surface area contributed by atoms with Gasteiger partial charge >= 0.3 is 24.3 Å². The molecule has 0 heterocycles. The van der Waals surface area contributed by atoms with Gasteiger partial charge in [-0.2, -0.15) is 26.3 Å². The molecule has 0 rings (SSSR count). The summed E-state index contributed by atoms with van der Waals surface area (Å²) in [7, 11) is 0. The van der Waals surface area contributed by atoms with E-state index in [0.29, 0.717) is 0 Å². The highest BCUT2D eigenvalue weighted by atomic mass is 19.4. The summed E-state index contributed by atoms with van der Waals surface area (Å²) in [6, 6.07) is 0. The van der Waals surface area contributed by atoms with Crippen LogP contribution in [-0.2, 0) is 14.3 Å². The van der Waals surface area contributed by atoms with E-state index in [2.05, 4.69) is 4.74 Å². The Hall–Kier alpha value is -1.28. The van der Waals surface area contributed by atoms with Crippen LogP contribution in [0.3, 0.4) is 0 Å². The van der Waals surface area contributed by atoms with E-state index in [1.165, 1.54) is 0 Å². The number of carbonyl (C=O) groups is 2. The maximum atomic E-state index is 11.4. The van der Waals surface area contributed by atoms with Crippen LogP contribution >= 0.6 is 0 Å². The smallest absolute Gasteiger partial charge is 0.386 e. The quantitative estimate of drug-likeness (QED) is 0.385. The summed E-state index contributed by atoms with van der Waals surface area (Å²) < 4.78 is 71.0. The number of ether oxygens (including phenoxy) is 1. The molecular weight excluding hydrogens is 222 g/mol. The summed E-state index contributed by atoms with van der Waals surface area (Å²) >= 11 is 0. The molecule has 0 radical (unpaired) electrons. The molecule has 0 saturated carbocycles. The van der Waals surface area contributed by atoms with Crippen molar-refractivity contribution in [2.75, 3.05) is 0 Å². The number of hydrogen-bond donors (Lipinski definition) is 0. The first kappa shape index (κ1) is 12.7. The maximum Gasteiger partial charge on any atom is 0.491 e. The summed E-state index contributed by atoms with van der Waals surface area (Å²) in [4.78, 5) is 19.9. The number of hydrogen-bond acceptors (Lipinski definition) is 3. The van der Waals surface area contributed by atoms with Crippen molar-refractivity contribution < 1.29 is 40.7 Å². The highest BCUT2D eigenvalue weighted by Crippen LogP contribution is 2.22. The van der Waals surface area contributed by atoms with E-state index in [0.717, 1.165) is 0 Å². The fourth-order valence-electron chi connectivity index (χ4n) is 0.361. The van der Waals surface area contributed by atoms with E-state index in [1.54, 1.807) is 0 Å². The zero-order chi connectivity index (χ0) is 11.6. The molecule has 82 valence electrons. The van der Waals surface area contributed by atoms with Gasteiger partial charge in [0.25, 0.3) is 0 Å². The Morgan fingerprint density at radius 3 is 1.71 bits per heavy atom. The van der Waals surface area contributed by atoms with E-state index in [4.69, 9.17) is 0 Å². The monoisotopic (exact) mass is 224 g/mol. The zero-order valence-electron chi connectivity index (χ0n) is 6.20. The van der Waals surface area contributed by atoms with Gasteiger partial charge in [-0.15, -0.1) is 0 Å². The zero-order valence-corrected chi connectivity index (χ0v) is 6.20. The molecule has 0 aromatic heterocycles. The van der Waals surface area contributed by atoms with Gasteiger partial charge in [-0.3, -0.25) is 4.79 Å². The lowest BCUT2D eigenvalue weighted by atomic mass is 10.4. The van der Waals surface area contributed by atoms with Crippen LogP contribution < -0.4 is 0 Å². The van der Waals surface area contributed by atoms with E-state index >= 15 is 0 Å². The summed E-state index contributed by atoms with van der Waals surface area (Å²) in [6.45, 7) is 0. The van der Waals surface area contributed by atoms with Gasteiger partial charge in [-0.25, -0.2) is 4.79 Å². The van der Waals surface area contributed by atoms with Gasteiger partial charge in [0.2, 0.25) is 0 Å². The third-order valence-corrected chi connectivity index (χ3v) is 0.783.